The molecule has 31 heavy (non-hydrogen) atoms. The van der Waals surface area contributed by atoms with E-state index >= 15 is 0 Å². The van der Waals surface area contributed by atoms with Gasteiger partial charge in [0.2, 0.25) is 0 Å². The number of anilines is 1. The molecule has 5 rings (SSSR count). The molecule has 4 aromatic rings. The van der Waals surface area contributed by atoms with Crippen LogP contribution in [0.5, 0.6) is 0 Å². The number of halogens is 3. The Morgan fingerprint density at radius 3 is 2.61 bits per heavy atom. The fraction of sp³-hybridized carbons (Fsp3) is 0.125. The maximum Gasteiger partial charge on any atom is 0.322 e. The number of aromatic amines is 1. The molecule has 2 heterocycles. The number of aromatic nitrogens is 1. The van der Waals surface area contributed by atoms with Gasteiger partial charge in [-0.05, 0) is 53.9 Å². The lowest BCUT2D eigenvalue weighted by Gasteiger charge is -2.36. The summed E-state index contributed by atoms with van der Waals surface area (Å²) in [6.45, 7) is 0.445. The number of benzene rings is 3. The first-order valence-electron chi connectivity index (χ1n) is 9.89. The Balaban J connectivity index is 1.57. The SMILES string of the molecule is O=C(Nc1ccc(Br)cc1F)N1CCc2c([nH]c3ccccc23)[C@@H]1c1ccc(F)cc1. The predicted molar refractivity (Wildman–Crippen MR) is 120 cm³/mol. The molecule has 0 saturated carbocycles. The van der Waals surface area contributed by atoms with Crippen molar-refractivity contribution in [3.05, 3.63) is 99.7 Å². The van der Waals surface area contributed by atoms with Gasteiger partial charge in [-0.2, -0.15) is 0 Å². The fourth-order valence-electron chi connectivity index (χ4n) is 4.23. The third-order valence-electron chi connectivity index (χ3n) is 5.65. The molecule has 1 aromatic heterocycles. The summed E-state index contributed by atoms with van der Waals surface area (Å²) < 4.78 is 28.5. The molecule has 0 radical (unpaired) electrons. The maximum atomic E-state index is 14.3. The van der Waals surface area contributed by atoms with Crippen LogP contribution in [0.1, 0.15) is 22.9 Å². The molecule has 0 bridgehead atoms. The van der Waals surface area contributed by atoms with Crippen molar-refractivity contribution in [2.75, 3.05) is 11.9 Å². The van der Waals surface area contributed by atoms with Crippen LogP contribution >= 0.6 is 15.9 Å². The van der Waals surface area contributed by atoms with Gasteiger partial charge in [0.05, 0.1) is 11.7 Å². The third kappa shape index (κ3) is 3.59. The molecule has 0 saturated heterocycles. The minimum absolute atomic E-state index is 0.105. The largest absolute Gasteiger partial charge is 0.356 e. The van der Waals surface area contributed by atoms with Crippen molar-refractivity contribution in [3.63, 3.8) is 0 Å². The van der Waals surface area contributed by atoms with Crippen molar-refractivity contribution < 1.29 is 13.6 Å². The van der Waals surface area contributed by atoms with E-state index in [-0.39, 0.29) is 11.5 Å². The first-order chi connectivity index (χ1) is 15.0. The second kappa shape index (κ2) is 7.81. The number of carbonyl (C=O) groups excluding carboxylic acids is 1. The van der Waals surface area contributed by atoms with Crippen LogP contribution in [0.25, 0.3) is 10.9 Å². The van der Waals surface area contributed by atoms with E-state index in [9.17, 15) is 13.6 Å². The average molecular weight is 482 g/mol. The van der Waals surface area contributed by atoms with Crippen LogP contribution in [0.15, 0.2) is 71.2 Å². The normalized spacial score (nSPS) is 15.7. The highest BCUT2D eigenvalue weighted by atomic mass is 79.9. The molecule has 1 aliphatic rings. The van der Waals surface area contributed by atoms with Gasteiger partial charge in [0, 0.05) is 27.6 Å². The van der Waals surface area contributed by atoms with Crippen LogP contribution in [-0.2, 0) is 6.42 Å². The zero-order valence-corrected chi connectivity index (χ0v) is 17.9. The van der Waals surface area contributed by atoms with Crippen LogP contribution in [0.4, 0.5) is 19.3 Å². The molecule has 2 N–H and O–H groups in total. The van der Waals surface area contributed by atoms with E-state index in [4.69, 9.17) is 0 Å². The Morgan fingerprint density at radius 1 is 1.06 bits per heavy atom. The molecule has 0 fully saturated rings. The summed E-state index contributed by atoms with van der Waals surface area (Å²) >= 11 is 3.22. The summed E-state index contributed by atoms with van der Waals surface area (Å²) in [6.07, 6.45) is 0.660. The highest BCUT2D eigenvalue weighted by Gasteiger charge is 2.34. The number of nitrogens with zero attached hydrogens (tertiary/aromatic N) is 1. The van der Waals surface area contributed by atoms with E-state index in [0.29, 0.717) is 17.4 Å². The molecule has 4 nitrogen and oxygen atoms in total. The van der Waals surface area contributed by atoms with E-state index in [1.807, 2.05) is 18.2 Å². The van der Waals surface area contributed by atoms with Gasteiger partial charge in [0.1, 0.15) is 11.6 Å². The number of amides is 2. The number of hydrogen-bond donors (Lipinski definition) is 2. The van der Waals surface area contributed by atoms with Crippen LogP contribution in [0.3, 0.4) is 0 Å². The van der Waals surface area contributed by atoms with Crippen molar-refractivity contribution >= 4 is 38.6 Å². The van der Waals surface area contributed by atoms with E-state index in [0.717, 1.165) is 27.7 Å². The number of fused-ring (bicyclic) bond motifs is 3. The van der Waals surface area contributed by atoms with E-state index in [1.165, 1.54) is 24.3 Å². The molecule has 3 aromatic carbocycles. The minimum atomic E-state index is -0.524. The van der Waals surface area contributed by atoms with Crippen molar-refractivity contribution in [2.24, 2.45) is 0 Å². The smallest absolute Gasteiger partial charge is 0.322 e. The molecular formula is C24H18BrF2N3O. The first-order valence-corrected chi connectivity index (χ1v) is 10.7. The van der Waals surface area contributed by atoms with Gasteiger partial charge in [-0.3, -0.25) is 0 Å². The van der Waals surface area contributed by atoms with Gasteiger partial charge in [-0.1, -0.05) is 46.3 Å². The van der Waals surface area contributed by atoms with Crippen molar-refractivity contribution in [1.82, 2.24) is 9.88 Å². The second-order valence-electron chi connectivity index (χ2n) is 7.51. The number of hydrogen-bond acceptors (Lipinski definition) is 1. The highest BCUT2D eigenvalue weighted by Crippen LogP contribution is 2.38. The average Bonchev–Trinajstić information content (AvgIpc) is 3.14. The standard InChI is InChI=1S/C24H18BrF2N3O/c25-15-7-10-21(19(27)13-15)29-24(31)30-12-11-18-17-3-1-2-4-20(17)28-22(18)23(30)14-5-8-16(26)9-6-14/h1-10,13,23,28H,11-12H2,(H,29,31)/t23-/m0/s1. The molecule has 1 aliphatic heterocycles. The predicted octanol–water partition coefficient (Wildman–Crippen LogP) is 6.39. The summed E-state index contributed by atoms with van der Waals surface area (Å²) in [5.74, 6) is -0.867. The quantitative estimate of drug-likeness (QED) is 0.342. The highest BCUT2D eigenvalue weighted by molar-refractivity contribution is 9.10. The van der Waals surface area contributed by atoms with Gasteiger partial charge < -0.3 is 15.2 Å². The lowest BCUT2D eigenvalue weighted by Crippen LogP contribution is -2.43. The number of nitrogens with one attached hydrogen (secondary N) is 2. The summed E-state index contributed by atoms with van der Waals surface area (Å²) in [6, 6.07) is 17.8. The summed E-state index contributed by atoms with van der Waals surface area (Å²) in [4.78, 5) is 18.3. The summed E-state index contributed by atoms with van der Waals surface area (Å²) in [7, 11) is 0. The summed E-state index contributed by atoms with van der Waals surface area (Å²) in [5.41, 5.74) is 3.91. The number of para-hydroxylation sites is 1. The molecule has 1 atom stereocenters. The van der Waals surface area contributed by atoms with Gasteiger partial charge in [0.25, 0.3) is 0 Å². The first kappa shape index (κ1) is 19.8. The Hall–Kier alpha value is -3.19. The fourth-order valence-corrected chi connectivity index (χ4v) is 4.56. The number of urea groups is 1. The van der Waals surface area contributed by atoms with Crippen molar-refractivity contribution in [2.45, 2.75) is 12.5 Å². The Bertz CT molecular complexity index is 1290. The zero-order valence-electron chi connectivity index (χ0n) is 16.3. The van der Waals surface area contributed by atoms with Crippen LogP contribution in [0, 0.1) is 11.6 Å². The molecule has 2 amide bonds. The zero-order chi connectivity index (χ0) is 21.5. The lowest BCUT2D eigenvalue weighted by molar-refractivity contribution is 0.193. The second-order valence-corrected chi connectivity index (χ2v) is 8.43. The molecular weight excluding hydrogens is 464 g/mol. The van der Waals surface area contributed by atoms with Crippen LogP contribution in [0.2, 0.25) is 0 Å². The van der Waals surface area contributed by atoms with Gasteiger partial charge in [-0.15, -0.1) is 0 Å². The number of carbonyl (C=O) groups is 1. The third-order valence-corrected chi connectivity index (χ3v) is 6.15. The van der Waals surface area contributed by atoms with Gasteiger partial charge in [-0.25, -0.2) is 13.6 Å². The Morgan fingerprint density at radius 2 is 1.84 bits per heavy atom. The molecule has 0 aliphatic carbocycles. The monoisotopic (exact) mass is 481 g/mol. The van der Waals surface area contributed by atoms with E-state index < -0.39 is 17.9 Å². The van der Waals surface area contributed by atoms with Gasteiger partial charge >= 0.3 is 6.03 Å². The molecule has 156 valence electrons. The number of H-pyrrole nitrogens is 1. The van der Waals surface area contributed by atoms with Crippen molar-refractivity contribution in [1.29, 1.82) is 0 Å². The molecule has 7 heteroatoms. The molecule has 0 unspecified atom stereocenters. The van der Waals surface area contributed by atoms with Crippen LogP contribution < -0.4 is 5.32 Å². The minimum Gasteiger partial charge on any atom is -0.356 e. The van der Waals surface area contributed by atoms with E-state index in [2.05, 4.69) is 32.3 Å². The van der Waals surface area contributed by atoms with Crippen LogP contribution in [-0.4, -0.2) is 22.5 Å². The Labute approximate surface area is 186 Å². The molecule has 0 spiro atoms. The van der Waals surface area contributed by atoms with Crippen molar-refractivity contribution in [3.8, 4) is 0 Å². The lowest BCUT2D eigenvalue weighted by atomic mass is 9.92. The Kier molecular flexibility index (Phi) is 4.98. The summed E-state index contributed by atoms with van der Waals surface area (Å²) in [5, 5.41) is 3.80. The maximum absolute atomic E-state index is 14.3. The topological polar surface area (TPSA) is 48.1 Å². The van der Waals surface area contributed by atoms with E-state index in [1.54, 1.807) is 23.1 Å². The van der Waals surface area contributed by atoms with Gasteiger partial charge in [0.15, 0.2) is 0 Å². The number of rotatable bonds is 2.